The minimum Gasteiger partial charge on any atom is -0.454 e. The normalized spacial score (nSPS) is 12.9. The molecule has 0 spiro atoms. The Labute approximate surface area is 244 Å². The number of furan rings is 1. The van der Waals surface area contributed by atoms with Crippen molar-refractivity contribution in [2.24, 2.45) is 0 Å². The van der Waals surface area contributed by atoms with Crippen LogP contribution in [0.15, 0.2) is 162 Å². The predicted molar refractivity (Wildman–Crippen MR) is 176 cm³/mol. The van der Waals surface area contributed by atoms with E-state index in [1.807, 2.05) is 30.6 Å². The Morgan fingerprint density at radius 2 is 1.38 bits per heavy atom. The molecule has 0 amide bonds. The molecular formula is C38H25BN2O. The van der Waals surface area contributed by atoms with Crippen LogP contribution in [-0.2, 0) is 0 Å². The lowest BCUT2D eigenvalue weighted by atomic mass is 9.36. The van der Waals surface area contributed by atoms with Gasteiger partial charge in [0.1, 0.15) is 5.58 Å². The molecule has 0 fully saturated rings. The van der Waals surface area contributed by atoms with Gasteiger partial charge in [-0.1, -0.05) is 126 Å². The van der Waals surface area contributed by atoms with Crippen LogP contribution in [0.25, 0.3) is 55.2 Å². The zero-order valence-corrected chi connectivity index (χ0v) is 22.9. The van der Waals surface area contributed by atoms with Gasteiger partial charge in [0.2, 0.25) is 6.71 Å². The summed E-state index contributed by atoms with van der Waals surface area (Å²) in [6.07, 6.45) is 10.2. The number of benzene rings is 4. The van der Waals surface area contributed by atoms with Gasteiger partial charge in [0.15, 0.2) is 5.58 Å². The first-order chi connectivity index (χ1) is 20.7. The SMILES string of the molecule is C=C1C=CC(B(c2ccccc2)c2ccc(-c3cccc(-c4cc5c(cn4)oc4c6ccccc6ncc54)c3)cc2)=C1. The van der Waals surface area contributed by atoms with Gasteiger partial charge in [0, 0.05) is 27.9 Å². The van der Waals surface area contributed by atoms with Crippen molar-refractivity contribution in [2.75, 3.05) is 0 Å². The lowest BCUT2D eigenvalue weighted by molar-refractivity contribution is 0.670. The molecule has 0 N–H and O–H groups in total. The summed E-state index contributed by atoms with van der Waals surface area (Å²) in [5.74, 6) is 0. The molecule has 4 heteroatoms. The molecule has 8 rings (SSSR count). The van der Waals surface area contributed by atoms with Gasteiger partial charge in [0.25, 0.3) is 0 Å². The van der Waals surface area contributed by atoms with E-state index in [1.54, 1.807) is 0 Å². The number of aromatic nitrogens is 2. The lowest BCUT2D eigenvalue weighted by Crippen LogP contribution is -2.43. The molecule has 196 valence electrons. The summed E-state index contributed by atoms with van der Waals surface area (Å²) in [5, 5.41) is 3.04. The monoisotopic (exact) mass is 536 g/mol. The van der Waals surface area contributed by atoms with Crippen molar-refractivity contribution in [2.45, 2.75) is 0 Å². The maximum absolute atomic E-state index is 6.24. The van der Waals surface area contributed by atoms with Crippen molar-refractivity contribution < 1.29 is 4.42 Å². The van der Waals surface area contributed by atoms with Gasteiger partial charge >= 0.3 is 0 Å². The third-order valence-corrected chi connectivity index (χ3v) is 8.14. The quantitative estimate of drug-likeness (QED) is 0.209. The molecule has 3 aromatic heterocycles. The van der Waals surface area contributed by atoms with E-state index in [2.05, 4.69) is 121 Å². The Morgan fingerprint density at radius 3 is 2.21 bits per heavy atom. The highest BCUT2D eigenvalue weighted by Crippen LogP contribution is 2.35. The molecule has 3 nitrogen and oxygen atoms in total. The highest BCUT2D eigenvalue weighted by atomic mass is 16.3. The van der Waals surface area contributed by atoms with Crippen LogP contribution in [0.5, 0.6) is 0 Å². The summed E-state index contributed by atoms with van der Waals surface area (Å²) in [7, 11) is 0. The molecule has 7 aromatic rings. The number of rotatable bonds is 5. The number of allylic oxidation sites excluding steroid dienone is 5. The number of fused-ring (bicyclic) bond motifs is 5. The summed E-state index contributed by atoms with van der Waals surface area (Å²) >= 11 is 0. The summed E-state index contributed by atoms with van der Waals surface area (Å²) < 4.78 is 6.24. The van der Waals surface area contributed by atoms with Gasteiger partial charge in [-0.15, -0.1) is 0 Å². The van der Waals surface area contributed by atoms with Crippen LogP contribution in [0.4, 0.5) is 0 Å². The Bertz CT molecular complexity index is 2210. The molecule has 0 radical (unpaired) electrons. The molecule has 1 aliphatic rings. The number of nitrogens with zero attached hydrogens (tertiary/aromatic N) is 2. The first-order valence-electron chi connectivity index (χ1n) is 14.1. The summed E-state index contributed by atoms with van der Waals surface area (Å²) in [6, 6.07) is 38.3. The predicted octanol–water partition coefficient (Wildman–Crippen LogP) is 8.06. The van der Waals surface area contributed by atoms with Crippen LogP contribution in [0.3, 0.4) is 0 Å². The van der Waals surface area contributed by atoms with Crippen LogP contribution in [-0.4, -0.2) is 16.7 Å². The average Bonchev–Trinajstić information content (AvgIpc) is 3.65. The topological polar surface area (TPSA) is 38.9 Å². The average molecular weight is 536 g/mol. The molecule has 1 aliphatic carbocycles. The maximum atomic E-state index is 6.24. The molecule has 42 heavy (non-hydrogen) atoms. The summed E-state index contributed by atoms with van der Waals surface area (Å²) in [5.41, 5.74) is 11.6. The minimum atomic E-state index is 0.161. The molecule has 0 saturated carbocycles. The van der Waals surface area contributed by atoms with Crippen molar-refractivity contribution in [3.63, 3.8) is 0 Å². The molecule has 0 aliphatic heterocycles. The summed E-state index contributed by atoms with van der Waals surface area (Å²) in [6.45, 7) is 4.29. The van der Waals surface area contributed by atoms with Crippen molar-refractivity contribution in [1.82, 2.24) is 9.97 Å². The van der Waals surface area contributed by atoms with Crippen LogP contribution in [0.2, 0.25) is 0 Å². The van der Waals surface area contributed by atoms with Gasteiger partial charge in [-0.05, 0) is 41.0 Å². The standard InChI is InChI=1S/C38H25BN2O/c1-25-14-17-31(20-25)39(29-10-3-2-4-11-29)30-18-15-26(16-19-30)27-8-7-9-28(21-27)36-22-33-34-23-40-35-13-6-5-12-32(35)38(34)42-37(33)24-41-36/h2-24H,1H2. The van der Waals surface area contributed by atoms with E-state index in [9.17, 15) is 0 Å². The highest BCUT2D eigenvalue weighted by molar-refractivity contribution is 6.91. The maximum Gasteiger partial charge on any atom is 0.241 e. The van der Waals surface area contributed by atoms with Crippen LogP contribution in [0, 0.1) is 0 Å². The van der Waals surface area contributed by atoms with E-state index in [4.69, 9.17) is 9.40 Å². The van der Waals surface area contributed by atoms with E-state index in [0.717, 1.165) is 55.2 Å². The number of para-hydroxylation sites is 1. The Hall–Kier alpha value is -5.48. The minimum absolute atomic E-state index is 0.161. The fourth-order valence-corrected chi connectivity index (χ4v) is 6.06. The van der Waals surface area contributed by atoms with Gasteiger partial charge in [-0.3, -0.25) is 9.97 Å². The smallest absolute Gasteiger partial charge is 0.241 e. The third-order valence-electron chi connectivity index (χ3n) is 8.14. The van der Waals surface area contributed by atoms with E-state index >= 15 is 0 Å². The highest BCUT2D eigenvalue weighted by Gasteiger charge is 2.24. The number of hydrogen-bond acceptors (Lipinski definition) is 3. The molecule has 0 unspecified atom stereocenters. The van der Waals surface area contributed by atoms with Gasteiger partial charge in [0.05, 0.1) is 17.4 Å². The molecule has 0 saturated heterocycles. The second-order valence-corrected chi connectivity index (χ2v) is 10.8. The fraction of sp³-hybridized carbons (Fsp3) is 0. The van der Waals surface area contributed by atoms with Crippen molar-refractivity contribution in [3.05, 3.63) is 157 Å². The molecule has 3 heterocycles. The first kappa shape index (κ1) is 24.3. The molecule has 0 bridgehead atoms. The zero-order valence-electron chi connectivity index (χ0n) is 22.9. The summed E-state index contributed by atoms with van der Waals surface area (Å²) in [4.78, 5) is 9.44. The van der Waals surface area contributed by atoms with Crippen LogP contribution < -0.4 is 10.9 Å². The van der Waals surface area contributed by atoms with E-state index in [0.29, 0.717) is 0 Å². The fourth-order valence-electron chi connectivity index (χ4n) is 6.06. The largest absolute Gasteiger partial charge is 0.454 e. The molecule has 4 aromatic carbocycles. The second kappa shape index (κ2) is 9.86. The van der Waals surface area contributed by atoms with Crippen LogP contribution >= 0.6 is 0 Å². The first-order valence-corrected chi connectivity index (χ1v) is 14.1. The van der Waals surface area contributed by atoms with Gasteiger partial charge < -0.3 is 4.42 Å². The molecular weight excluding hydrogens is 511 g/mol. The second-order valence-electron chi connectivity index (χ2n) is 10.8. The van der Waals surface area contributed by atoms with E-state index < -0.39 is 0 Å². The number of hydrogen-bond donors (Lipinski definition) is 0. The van der Waals surface area contributed by atoms with Gasteiger partial charge in [-0.25, -0.2) is 0 Å². The Morgan fingerprint density at radius 1 is 0.595 bits per heavy atom. The zero-order chi connectivity index (χ0) is 28.0. The lowest BCUT2D eigenvalue weighted by Gasteiger charge is -2.16. The van der Waals surface area contributed by atoms with Crippen LogP contribution in [0.1, 0.15) is 0 Å². The van der Waals surface area contributed by atoms with Crippen molar-refractivity contribution in [1.29, 1.82) is 0 Å². The van der Waals surface area contributed by atoms with E-state index in [-0.39, 0.29) is 6.71 Å². The Kier molecular flexibility index (Phi) is 5.71. The van der Waals surface area contributed by atoms with Crippen molar-refractivity contribution >= 4 is 50.5 Å². The number of pyridine rings is 2. The van der Waals surface area contributed by atoms with E-state index in [1.165, 1.54) is 22.0 Å². The Balaban J connectivity index is 1.15. The molecule has 0 atom stereocenters. The third kappa shape index (κ3) is 4.16. The van der Waals surface area contributed by atoms with Gasteiger partial charge in [-0.2, -0.15) is 0 Å². The van der Waals surface area contributed by atoms with Crippen molar-refractivity contribution in [3.8, 4) is 22.4 Å².